The number of hydrogen-bond donors (Lipinski definition) is 6. The number of aliphatic hydroxyl groups is 2. The zero-order chi connectivity index (χ0) is 34.0. The zero-order valence-corrected chi connectivity index (χ0v) is 26.4. The fraction of sp³-hybridized carbons (Fsp3) is 0.324. The summed E-state index contributed by atoms with van der Waals surface area (Å²) in [6.45, 7) is 3.48. The molecule has 0 radical (unpaired) electrons. The number of hydrogen-bond acceptors (Lipinski definition) is 11. The van der Waals surface area contributed by atoms with Gasteiger partial charge in [-0.15, -0.1) is 0 Å². The summed E-state index contributed by atoms with van der Waals surface area (Å²) >= 11 is 0. The molecule has 0 bridgehead atoms. The topological polar surface area (TPSA) is 202 Å². The number of carbonyl (C=O) groups excluding carboxylic acids is 3. The average molecular weight is 652 g/mol. The van der Waals surface area contributed by atoms with Gasteiger partial charge in [-0.25, -0.2) is 14.8 Å². The fourth-order valence-electron chi connectivity index (χ4n) is 7.43. The van der Waals surface area contributed by atoms with Crippen molar-refractivity contribution in [1.29, 1.82) is 0 Å². The maximum atomic E-state index is 14.0. The number of urea groups is 1. The van der Waals surface area contributed by atoms with Crippen LogP contribution in [0.5, 0.6) is 0 Å². The van der Waals surface area contributed by atoms with E-state index in [0.717, 1.165) is 16.0 Å². The summed E-state index contributed by atoms with van der Waals surface area (Å²) in [5.41, 5.74) is 12.9. The van der Waals surface area contributed by atoms with E-state index in [1.54, 1.807) is 36.4 Å². The number of para-hydroxylation sites is 1. The van der Waals surface area contributed by atoms with Gasteiger partial charge in [-0.1, -0.05) is 80.6 Å². The van der Waals surface area contributed by atoms with Gasteiger partial charge in [0.1, 0.15) is 18.6 Å². The molecule has 7 rings (SSSR count). The number of guanidine groups is 2. The largest absolute Gasteiger partial charge is 0.370 e. The number of nitrogens with zero attached hydrogens (tertiary/aromatic N) is 5. The first-order chi connectivity index (χ1) is 22.9. The van der Waals surface area contributed by atoms with Crippen molar-refractivity contribution in [1.82, 2.24) is 20.4 Å². The smallest absolute Gasteiger partial charge is 0.331 e. The summed E-state index contributed by atoms with van der Waals surface area (Å²) in [5, 5.41) is 29.7. The third-order valence-electron chi connectivity index (χ3n) is 9.94. The number of anilines is 1. The number of benzene rings is 3. The van der Waals surface area contributed by atoms with Crippen molar-refractivity contribution in [3.05, 3.63) is 102 Å². The number of carbonyl (C=O) groups is 3. The van der Waals surface area contributed by atoms with Crippen LogP contribution in [0.4, 0.5) is 10.5 Å². The summed E-state index contributed by atoms with van der Waals surface area (Å²) < 4.78 is 0. The van der Waals surface area contributed by atoms with Crippen LogP contribution in [-0.2, 0) is 10.2 Å². The van der Waals surface area contributed by atoms with Crippen molar-refractivity contribution in [2.24, 2.45) is 21.5 Å². The molecule has 4 aliphatic heterocycles. The normalized spacial score (nSPS) is 26.1. The molecule has 4 aliphatic rings. The fourth-order valence-corrected chi connectivity index (χ4v) is 7.43. The van der Waals surface area contributed by atoms with E-state index in [0.29, 0.717) is 11.3 Å². The molecule has 1 spiro atoms. The first-order valence-electron chi connectivity index (χ1n) is 15.7. The Hall–Kier alpha value is -5.47. The highest BCUT2D eigenvalue weighted by Crippen LogP contribution is 2.45. The Kier molecular flexibility index (Phi) is 7.18. The lowest BCUT2D eigenvalue weighted by Gasteiger charge is -2.49. The van der Waals surface area contributed by atoms with Gasteiger partial charge < -0.3 is 37.2 Å². The Labute approximate surface area is 276 Å². The minimum absolute atomic E-state index is 0.0949. The highest BCUT2D eigenvalue weighted by molar-refractivity contribution is 6.12. The van der Waals surface area contributed by atoms with Gasteiger partial charge in [0.2, 0.25) is 5.79 Å². The second-order valence-electron chi connectivity index (χ2n) is 13.0. The molecule has 8 N–H and O–H groups in total. The van der Waals surface area contributed by atoms with Crippen LogP contribution in [-0.4, -0.2) is 99.0 Å². The molecule has 0 aliphatic carbocycles. The van der Waals surface area contributed by atoms with Crippen LogP contribution in [0, 0.1) is 0 Å². The van der Waals surface area contributed by atoms with Gasteiger partial charge in [0.05, 0.1) is 12.6 Å². The van der Waals surface area contributed by atoms with Crippen molar-refractivity contribution < 1.29 is 24.6 Å². The molecule has 4 amide bonds. The number of rotatable bonds is 7. The van der Waals surface area contributed by atoms with Crippen molar-refractivity contribution in [2.75, 3.05) is 24.5 Å². The van der Waals surface area contributed by atoms with Crippen molar-refractivity contribution in [3.63, 3.8) is 0 Å². The minimum Gasteiger partial charge on any atom is -0.370 e. The molecule has 0 saturated carbocycles. The van der Waals surface area contributed by atoms with Gasteiger partial charge in [-0.3, -0.25) is 19.4 Å². The lowest BCUT2D eigenvalue weighted by atomic mass is 9.76. The molecule has 48 heavy (non-hydrogen) atoms. The van der Waals surface area contributed by atoms with Gasteiger partial charge >= 0.3 is 6.03 Å². The molecule has 1 unspecified atom stereocenters. The van der Waals surface area contributed by atoms with E-state index in [1.807, 2.05) is 62.4 Å². The second kappa shape index (κ2) is 11.1. The van der Waals surface area contributed by atoms with E-state index < -0.39 is 52.8 Å². The summed E-state index contributed by atoms with van der Waals surface area (Å²) in [6, 6.07) is 21.8. The molecular weight excluding hydrogens is 614 g/mol. The van der Waals surface area contributed by atoms with E-state index in [2.05, 4.69) is 20.6 Å². The molecule has 2 saturated heterocycles. The number of nitrogens with two attached hydrogens (primary N) is 2. The van der Waals surface area contributed by atoms with E-state index in [-0.39, 0.29) is 31.6 Å². The Bertz CT molecular complexity index is 1850. The molecule has 14 nitrogen and oxygen atoms in total. The predicted molar refractivity (Wildman–Crippen MR) is 178 cm³/mol. The molecule has 14 heteroatoms. The SMILES string of the molecule is CC(C)(c1ccccc1)c1ccccc1C(=O)NC1CN2C(N)=N[C@@H](CN3C(=O)CN(c4ccccc4)C3=O)[C@@H]3N=C(N)N[C@@]32C1(O)O. The molecule has 4 heterocycles. The van der Waals surface area contributed by atoms with E-state index in [1.165, 1.54) is 9.80 Å². The van der Waals surface area contributed by atoms with Crippen molar-refractivity contribution in [3.8, 4) is 0 Å². The molecule has 0 aromatic heterocycles. The molecule has 3 aromatic carbocycles. The quantitative estimate of drug-likeness (QED) is 0.153. The first-order valence-corrected chi connectivity index (χ1v) is 15.7. The monoisotopic (exact) mass is 651 g/mol. The third-order valence-corrected chi connectivity index (χ3v) is 9.94. The number of nitrogens with one attached hydrogen (secondary N) is 2. The molecular formula is C34H37N9O5. The summed E-state index contributed by atoms with van der Waals surface area (Å²) in [5.74, 6) is -3.88. The van der Waals surface area contributed by atoms with Gasteiger partial charge in [-0.2, -0.15) is 0 Å². The molecule has 3 aromatic rings. The number of imide groups is 1. The van der Waals surface area contributed by atoms with Crippen LogP contribution < -0.4 is 27.0 Å². The molecule has 4 atom stereocenters. The average Bonchev–Trinajstić information content (AvgIpc) is 3.66. The Balaban J connectivity index is 1.17. The van der Waals surface area contributed by atoms with Crippen LogP contribution in [0.25, 0.3) is 0 Å². The first kappa shape index (κ1) is 31.1. The van der Waals surface area contributed by atoms with Gasteiger partial charge in [0, 0.05) is 23.2 Å². The summed E-state index contributed by atoms with van der Waals surface area (Å²) in [6.07, 6.45) is 0. The third kappa shape index (κ3) is 4.58. The lowest BCUT2D eigenvalue weighted by molar-refractivity contribution is -0.230. The zero-order valence-electron chi connectivity index (χ0n) is 26.4. The standard InChI is InChI=1S/C34H37N9O5/c1-32(2,20-11-5-3-6-12-20)23-16-10-9-15-22(23)28(45)38-25-18-43-30(36)37-24(27-33(43,34(25,47)48)40-29(35)39-27)17-42-26(44)19-41(31(42)46)21-13-7-4-8-14-21/h3-16,24-25,27,47-48H,17-19H2,1-2H3,(H2,36,37)(H,38,45)(H3,35,39,40)/t24-,25?,27-,33-/m0/s1. The van der Waals surface area contributed by atoms with Crippen LogP contribution in [0.1, 0.15) is 35.3 Å². The Morgan fingerprint density at radius 1 is 0.979 bits per heavy atom. The van der Waals surface area contributed by atoms with E-state index >= 15 is 0 Å². The Morgan fingerprint density at radius 2 is 1.62 bits per heavy atom. The van der Waals surface area contributed by atoms with E-state index in [9.17, 15) is 24.6 Å². The maximum Gasteiger partial charge on any atom is 0.331 e. The lowest BCUT2D eigenvalue weighted by Crippen LogP contribution is -2.78. The molecule has 248 valence electrons. The van der Waals surface area contributed by atoms with Crippen molar-refractivity contribution >= 4 is 35.5 Å². The van der Waals surface area contributed by atoms with E-state index in [4.69, 9.17) is 11.5 Å². The van der Waals surface area contributed by atoms with Crippen LogP contribution >= 0.6 is 0 Å². The van der Waals surface area contributed by atoms with Gasteiger partial charge in [-0.05, 0) is 29.3 Å². The number of amides is 4. The van der Waals surface area contributed by atoms with Crippen LogP contribution in [0.3, 0.4) is 0 Å². The summed E-state index contributed by atoms with van der Waals surface area (Å²) in [4.78, 5) is 53.3. The second-order valence-corrected chi connectivity index (χ2v) is 13.0. The summed E-state index contributed by atoms with van der Waals surface area (Å²) in [7, 11) is 0. The van der Waals surface area contributed by atoms with Crippen LogP contribution in [0.15, 0.2) is 94.9 Å². The number of aliphatic imine (C=N–C) groups is 2. The predicted octanol–water partition coefficient (Wildman–Crippen LogP) is 0.256. The van der Waals surface area contributed by atoms with Gasteiger partial charge in [0.15, 0.2) is 17.6 Å². The Morgan fingerprint density at radius 3 is 2.33 bits per heavy atom. The van der Waals surface area contributed by atoms with Gasteiger partial charge in [0.25, 0.3) is 11.8 Å². The van der Waals surface area contributed by atoms with Crippen LogP contribution in [0.2, 0.25) is 0 Å². The highest BCUT2D eigenvalue weighted by atomic mass is 16.5. The maximum absolute atomic E-state index is 14.0. The molecule has 2 fully saturated rings. The minimum atomic E-state index is -2.70. The van der Waals surface area contributed by atoms with Crippen molar-refractivity contribution in [2.45, 2.75) is 48.8 Å². The highest BCUT2D eigenvalue weighted by Gasteiger charge is 2.73.